The van der Waals surface area contributed by atoms with Gasteiger partial charge in [0.2, 0.25) is 0 Å². The van der Waals surface area contributed by atoms with Crippen molar-refractivity contribution in [2.24, 2.45) is 0 Å². The van der Waals surface area contributed by atoms with Crippen molar-refractivity contribution in [3.63, 3.8) is 0 Å². The molecule has 0 atom stereocenters. The van der Waals surface area contributed by atoms with Crippen LogP contribution in [0.5, 0.6) is 0 Å². The number of Topliss-reactive ketones (excluding diaryl/α,β-unsaturated/α-hetero) is 1. The molecular weight excluding hydrogens is 370 g/mol. The standard InChI is InChI=1S/C20H14ClNO3S/c21-16-11-9-15(10-12-16)17(23)13-22-19(24)18(26-20(22)25)8-4-7-14-5-2-1-3-6-14/h1-12H,13H2/b7-4+,18-8-. The Morgan fingerprint density at radius 1 is 1.04 bits per heavy atom. The van der Waals surface area contributed by atoms with Crippen molar-refractivity contribution in [1.82, 2.24) is 4.90 Å². The number of amides is 2. The number of rotatable bonds is 5. The molecule has 0 aromatic heterocycles. The zero-order valence-electron chi connectivity index (χ0n) is 13.6. The van der Waals surface area contributed by atoms with Gasteiger partial charge in [0.25, 0.3) is 11.1 Å². The fourth-order valence-electron chi connectivity index (χ4n) is 2.33. The fraction of sp³-hybridized carbons (Fsp3) is 0.0500. The van der Waals surface area contributed by atoms with Gasteiger partial charge in [-0.3, -0.25) is 19.3 Å². The SMILES string of the molecule is O=C(CN1C(=O)S/C(=C\C=C\c2ccccc2)C1=O)c1ccc(Cl)cc1. The average Bonchev–Trinajstić information content (AvgIpc) is 2.91. The molecule has 0 saturated carbocycles. The van der Waals surface area contributed by atoms with E-state index in [9.17, 15) is 14.4 Å². The number of imide groups is 1. The van der Waals surface area contributed by atoms with Crippen molar-refractivity contribution in [3.8, 4) is 0 Å². The van der Waals surface area contributed by atoms with Crippen molar-refractivity contribution in [3.05, 3.63) is 87.8 Å². The van der Waals surface area contributed by atoms with Crippen LogP contribution in [-0.4, -0.2) is 28.4 Å². The van der Waals surface area contributed by atoms with E-state index in [2.05, 4.69) is 0 Å². The number of nitrogens with zero attached hydrogens (tertiary/aromatic N) is 1. The molecule has 1 heterocycles. The van der Waals surface area contributed by atoms with Crippen LogP contribution < -0.4 is 0 Å². The molecule has 1 aliphatic rings. The van der Waals surface area contributed by atoms with E-state index in [4.69, 9.17) is 11.6 Å². The molecule has 6 heteroatoms. The Balaban J connectivity index is 1.68. The number of thioether (sulfide) groups is 1. The summed E-state index contributed by atoms with van der Waals surface area (Å²) in [6.45, 7) is -0.286. The molecule has 0 N–H and O–H groups in total. The molecule has 2 aromatic rings. The third-order valence-corrected chi connectivity index (χ3v) is 4.85. The van der Waals surface area contributed by atoms with E-state index >= 15 is 0 Å². The first kappa shape index (κ1) is 18.2. The lowest BCUT2D eigenvalue weighted by atomic mass is 10.1. The summed E-state index contributed by atoms with van der Waals surface area (Å²) in [7, 11) is 0. The largest absolute Gasteiger partial charge is 0.293 e. The van der Waals surface area contributed by atoms with Gasteiger partial charge in [-0.1, -0.05) is 54.1 Å². The maximum absolute atomic E-state index is 12.4. The molecule has 0 radical (unpaired) electrons. The van der Waals surface area contributed by atoms with Gasteiger partial charge in [0, 0.05) is 10.6 Å². The summed E-state index contributed by atoms with van der Waals surface area (Å²) in [5.74, 6) is -0.773. The lowest BCUT2D eigenvalue weighted by Gasteiger charge is -2.11. The molecule has 0 bridgehead atoms. The molecule has 0 aliphatic carbocycles. The highest BCUT2D eigenvalue weighted by Gasteiger charge is 2.36. The third-order valence-electron chi connectivity index (χ3n) is 3.68. The minimum Gasteiger partial charge on any atom is -0.292 e. The molecule has 1 aliphatic heterocycles. The first-order chi connectivity index (χ1) is 12.5. The molecule has 3 rings (SSSR count). The predicted molar refractivity (Wildman–Crippen MR) is 104 cm³/mol. The second kappa shape index (κ2) is 8.17. The van der Waals surface area contributed by atoms with Crippen molar-refractivity contribution in [2.45, 2.75) is 0 Å². The zero-order valence-corrected chi connectivity index (χ0v) is 15.2. The van der Waals surface area contributed by atoms with E-state index in [0.29, 0.717) is 15.5 Å². The van der Waals surface area contributed by atoms with Crippen molar-refractivity contribution < 1.29 is 14.4 Å². The Bertz CT molecular complexity index is 904. The molecule has 2 amide bonds. The number of hydrogen-bond donors (Lipinski definition) is 0. The Hall–Kier alpha value is -2.63. The predicted octanol–water partition coefficient (Wildman–Crippen LogP) is 4.82. The van der Waals surface area contributed by atoms with E-state index in [1.54, 1.807) is 36.4 Å². The quantitative estimate of drug-likeness (QED) is 0.549. The van der Waals surface area contributed by atoms with Crippen LogP contribution in [0, 0.1) is 0 Å². The molecule has 1 saturated heterocycles. The molecule has 1 fully saturated rings. The monoisotopic (exact) mass is 383 g/mol. The van der Waals surface area contributed by atoms with Gasteiger partial charge in [0.15, 0.2) is 5.78 Å². The Labute approximate surface area is 160 Å². The molecule has 130 valence electrons. The van der Waals surface area contributed by atoms with Crippen molar-refractivity contribution >= 4 is 46.4 Å². The van der Waals surface area contributed by atoms with Crippen LogP contribution in [0.15, 0.2) is 71.7 Å². The van der Waals surface area contributed by atoms with Gasteiger partial charge in [0.1, 0.15) is 0 Å². The summed E-state index contributed by atoms with van der Waals surface area (Å²) < 4.78 is 0. The Kier molecular flexibility index (Phi) is 5.71. The molecular formula is C20H14ClNO3S. The average molecular weight is 384 g/mol. The van der Waals surface area contributed by atoms with Gasteiger partial charge in [0.05, 0.1) is 11.4 Å². The molecule has 0 unspecified atom stereocenters. The summed E-state index contributed by atoms with van der Waals surface area (Å²) in [4.78, 5) is 38.0. The fourth-order valence-corrected chi connectivity index (χ4v) is 3.25. The van der Waals surface area contributed by atoms with E-state index in [0.717, 1.165) is 22.2 Å². The first-order valence-corrected chi connectivity index (χ1v) is 9.00. The maximum atomic E-state index is 12.4. The van der Waals surface area contributed by atoms with Crippen LogP contribution in [0.4, 0.5) is 4.79 Å². The normalized spacial score (nSPS) is 16.0. The Morgan fingerprint density at radius 3 is 2.42 bits per heavy atom. The number of hydrogen-bond acceptors (Lipinski definition) is 4. The summed E-state index contributed by atoms with van der Waals surface area (Å²) in [5, 5.41) is 0.0672. The molecule has 0 spiro atoms. The van der Waals surface area contributed by atoms with Crippen LogP contribution in [0.25, 0.3) is 6.08 Å². The van der Waals surface area contributed by atoms with Crippen LogP contribution >= 0.6 is 23.4 Å². The third kappa shape index (κ3) is 4.31. The van der Waals surface area contributed by atoms with E-state index < -0.39 is 11.1 Å². The number of halogens is 1. The van der Waals surface area contributed by atoms with E-state index in [-0.39, 0.29) is 12.3 Å². The summed E-state index contributed by atoms with van der Waals surface area (Å²) in [6.07, 6.45) is 5.14. The summed E-state index contributed by atoms with van der Waals surface area (Å²) in [6, 6.07) is 15.9. The van der Waals surface area contributed by atoms with Gasteiger partial charge in [-0.25, -0.2) is 0 Å². The number of ketones is 1. The second-order valence-electron chi connectivity index (χ2n) is 5.49. The van der Waals surface area contributed by atoms with Crippen LogP contribution in [0.2, 0.25) is 5.02 Å². The highest BCUT2D eigenvalue weighted by molar-refractivity contribution is 8.18. The topological polar surface area (TPSA) is 54.5 Å². The Morgan fingerprint density at radius 2 is 1.73 bits per heavy atom. The van der Waals surface area contributed by atoms with Gasteiger partial charge < -0.3 is 0 Å². The number of carbonyl (C=O) groups excluding carboxylic acids is 3. The van der Waals surface area contributed by atoms with Gasteiger partial charge in [-0.2, -0.15) is 0 Å². The van der Waals surface area contributed by atoms with Gasteiger partial charge in [-0.15, -0.1) is 0 Å². The van der Waals surface area contributed by atoms with E-state index in [1.807, 2.05) is 36.4 Å². The lowest BCUT2D eigenvalue weighted by molar-refractivity contribution is -0.122. The van der Waals surface area contributed by atoms with Crippen molar-refractivity contribution in [1.29, 1.82) is 0 Å². The number of benzene rings is 2. The molecule has 26 heavy (non-hydrogen) atoms. The smallest absolute Gasteiger partial charge is 0.292 e. The van der Waals surface area contributed by atoms with Crippen LogP contribution in [-0.2, 0) is 4.79 Å². The minimum absolute atomic E-state index is 0.286. The van der Waals surface area contributed by atoms with Crippen LogP contribution in [0.3, 0.4) is 0 Å². The minimum atomic E-state index is -0.458. The van der Waals surface area contributed by atoms with Crippen LogP contribution in [0.1, 0.15) is 15.9 Å². The first-order valence-electron chi connectivity index (χ1n) is 7.80. The number of allylic oxidation sites excluding steroid dienone is 2. The molecule has 2 aromatic carbocycles. The maximum Gasteiger partial charge on any atom is 0.293 e. The summed E-state index contributed by atoms with van der Waals surface area (Å²) in [5.41, 5.74) is 1.39. The lowest BCUT2D eigenvalue weighted by Crippen LogP contribution is -2.33. The number of carbonyl (C=O) groups is 3. The van der Waals surface area contributed by atoms with Gasteiger partial charge in [-0.05, 0) is 47.7 Å². The highest BCUT2D eigenvalue weighted by atomic mass is 35.5. The second-order valence-corrected chi connectivity index (χ2v) is 6.92. The zero-order chi connectivity index (χ0) is 18.5. The highest BCUT2D eigenvalue weighted by Crippen LogP contribution is 2.30. The molecule has 4 nitrogen and oxygen atoms in total. The van der Waals surface area contributed by atoms with Crippen molar-refractivity contribution in [2.75, 3.05) is 6.54 Å². The van der Waals surface area contributed by atoms with E-state index in [1.165, 1.54) is 0 Å². The van der Waals surface area contributed by atoms with Gasteiger partial charge >= 0.3 is 0 Å². The summed E-state index contributed by atoms with van der Waals surface area (Å²) >= 11 is 6.63.